The molecule has 0 aliphatic carbocycles. The summed E-state index contributed by atoms with van der Waals surface area (Å²) in [5, 5.41) is 18.0. The SMILES string of the molecule is Cc1cc([C@@H](N)CO)ccc1O.Cl. The third kappa shape index (κ3) is 2.88. The number of halogens is 1. The largest absolute Gasteiger partial charge is 0.508 e. The Morgan fingerprint density at radius 2 is 2.08 bits per heavy atom. The maximum absolute atomic E-state index is 9.19. The van der Waals surface area contributed by atoms with Crippen LogP contribution in [0.4, 0.5) is 0 Å². The summed E-state index contributed by atoms with van der Waals surface area (Å²) in [5.74, 6) is 0.254. The van der Waals surface area contributed by atoms with Crippen LogP contribution in [0.25, 0.3) is 0 Å². The zero-order valence-electron chi connectivity index (χ0n) is 7.40. The van der Waals surface area contributed by atoms with Crippen molar-refractivity contribution in [2.45, 2.75) is 13.0 Å². The summed E-state index contributed by atoms with van der Waals surface area (Å²) in [7, 11) is 0. The predicted molar refractivity (Wildman–Crippen MR) is 54.1 cm³/mol. The molecule has 0 spiro atoms. The average molecular weight is 204 g/mol. The molecular formula is C9H14ClNO2. The van der Waals surface area contributed by atoms with Gasteiger partial charge < -0.3 is 15.9 Å². The van der Waals surface area contributed by atoms with E-state index in [2.05, 4.69) is 0 Å². The molecule has 0 saturated carbocycles. The minimum absolute atomic E-state index is 0. The zero-order chi connectivity index (χ0) is 9.14. The molecule has 0 aliphatic heterocycles. The Labute approximate surface area is 83.6 Å². The Kier molecular flexibility index (Phi) is 4.77. The lowest BCUT2D eigenvalue weighted by Crippen LogP contribution is -2.14. The van der Waals surface area contributed by atoms with Crippen LogP contribution < -0.4 is 5.73 Å². The molecule has 4 heteroatoms. The molecule has 3 nitrogen and oxygen atoms in total. The van der Waals surface area contributed by atoms with Crippen LogP contribution in [-0.4, -0.2) is 16.8 Å². The third-order valence-electron chi connectivity index (χ3n) is 1.85. The summed E-state index contributed by atoms with van der Waals surface area (Å²) in [4.78, 5) is 0. The fourth-order valence-corrected chi connectivity index (χ4v) is 1.01. The summed E-state index contributed by atoms with van der Waals surface area (Å²) in [5.41, 5.74) is 7.20. The van der Waals surface area contributed by atoms with Crippen LogP contribution >= 0.6 is 12.4 Å². The molecule has 0 aliphatic rings. The highest BCUT2D eigenvalue weighted by Crippen LogP contribution is 2.19. The Morgan fingerprint density at radius 1 is 1.46 bits per heavy atom. The highest BCUT2D eigenvalue weighted by atomic mass is 35.5. The maximum atomic E-state index is 9.19. The lowest BCUT2D eigenvalue weighted by molar-refractivity contribution is 0.268. The zero-order valence-corrected chi connectivity index (χ0v) is 8.21. The van der Waals surface area contributed by atoms with Crippen molar-refractivity contribution in [3.8, 4) is 5.75 Å². The van der Waals surface area contributed by atoms with Crippen molar-refractivity contribution in [2.75, 3.05) is 6.61 Å². The Bertz CT molecular complexity index is 278. The van der Waals surface area contributed by atoms with Crippen LogP contribution in [0.5, 0.6) is 5.75 Å². The van der Waals surface area contributed by atoms with Gasteiger partial charge in [-0.25, -0.2) is 0 Å². The summed E-state index contributed by atoms with van der Waals surface area (Å²) >= 11 is 0. The molecule has 1 atom stereocenters. The first-order valence-corrected chi connectivity index (χ1v) is 3.81. The van der Waals surface area contributed by atoms with E-state index in [1.807, 2.05) is 0 Å². The van der Waals surface area contributed by atoms with Gasteiger partial charge >= 0.3 is 0 Å². The highest BCUT2D eigenvalue weighted by Gasteiger charge is 2.05. The summed E-state index contributed by atoms with van der Waals surface area (Å²) in [6.45, 7) is 1.72. The summed E-state index contributed by atoms with van der Waals surface area (Å²) < 4.78 is 0. The van der Waals surface area contributed by atoms with Gasteiger partial charge in [-0.15, -0.1) is 12.4 Å². The van der Waals surface area contributed by atoms with Gasteiger partial charge in [-0.2, -0.15) is 0 Å². The molecule has 0 heterocycles. The van der Waals surface area contributed by atoms with E-state index in [1.54, 1.807) is 25.1 Å². The first kappa shape index (κ1) is 12.2. The molecule has 0 amide bonds. The quantitative estimate of drug-likeness (QED) is 0.675. The van der Waals surface area contributed by atoms with Crippen molar-refractivity contribution in [3.05, 3.63) is 29.3 Å². The van der Waals surface area contributed by atoms with E-state index in [1.165, 1.54) is 0 Å². The number of benzene rings is 1. The number of phenolic OH excluding ortho intramolecular Hbond substituents is 1. The number of nitrogens with two attached hydrogens (primary N) is 1. The number of hydrogen-bond acceptors (Lipinski definition) is 3. The van der Waals surface area contributed by atoms with E-state index in [-0.39, 0.29) is 30.8 Å². The van der Waals surface area contributed by atoms with Crippen molar-refractivity contribution in [3.63, 3.8) is 0 Å². The van der Waals surface area contributed by atoms with Gasteiger partial charge in [-0.1, -0.05) is 12.1 Å². The van der Waals surface area contributed by atoms with Crippen molar-refractivity contribution in [2.24, 2.45) is 5.73 Å². The van der Waals surface area contributed by atoms with Gasteiger partial charge in [0.15, 0.2) is 0 Å². The normalized spacial score (nSPS) is 11.9. The monoisotopic (exact) mass is 203 g/mol. The Balaban J connectivity index is 0.00000144. The van der Waals surface area contributed by atoms with Crippen LogP contribution in [0.15, 0.2) is 18.2 Å². The lowest BCUT2D eigenvalue weighted by atomic mass is 10.1. The first-order valence-electron chi connectivity index (χ1n) is 3.81. The topological polar surface area (TPSA) is 66.5 Å². The van der Waals surface area contributed by atoms with E-state index in [0.717, 1.165) is 11.1 Å². The molecule has 13 heavy (non-hydrogen) atoms. The van der Waals surface area contributed by atoms with Crippen molar-refractivity contribution in [1.82, 2.24) is 0 Å². The van der Waals surface area contributed by atoms with Gasteiger partial charge in [0, 0.05) is 0 Å². The third-order valence-corrected chi connectivity index (χ3v) is 1.85. The Hall–Kier alpha value is -0.770. The molecule has 0 aromatic heterocycles. The maximum Gasteiger partial charge on any atom is 0.118 e. The summed E-state index contributed by atoms with van der Waals surface area (Å²) in [6.07, 6.45) is 0. The van der Waals surface area contributed by atoms with Crippen molar-refractivity contribution >= 4 is 12.4 Å². The van der Waals surface area contributed by atoms with Gasteiger partial charge in [0.05, 0.1) is 12.6 Å². The molecule has 74 valence electrons. The second-order valence-electron chi connectivity index (χ2n) is 2.83. The molecule has 0 unspecified atom stereocenters. The molecule has 0 saturated heterocycles. The van der Waals surface area contributed by atoms with Crippen LogP contribution in [-0.2, 0) is 0 Å². The minimum atomic E-state index is -0.357. The molecular weight excluding hydrogens is 190 g/mol. The van der Waals surface area contributed by atoms with Gasteiger partial charge in [0.25, 0.3) is 0 Å². The summed E-state index contributed by atoms with van der Waals surface area (Å²) in [6, 6.07) is 4.71. The minimum Gasteiger partial charge on any atom is -0.508 e. The first-order chi connectivity index (χ1) is 5.65. The fraction of sp³-hybridized carbons (Fsp3) is 0.333. The van der Waals surface area contributed by atoms with Gasteiger partial charge in [-0.05, 0) is 24.1 Å². The molecule has 0 radical (unpaired) electrons. The molecule has 1 aromatic carbocycles. The molecule has 4 N–H and O–H groups in total. The van der Waals surface area contributed by atoms with Gasteiger partial charge in [-0.3, -0.25) is 0 Å². The van der Waals surface area contributed by atoms with Gasteiger partial charge in [0.1, 0.15) is 5.75 Å². The lowest BCUT2D eigenvalue weighted by Gasteiger charge is -2.09. The second-order valence-corrected chi connectivity index (χ2v) is 2.83. The predicted octanol–water partition coefficient (Wildman–Crippen LogP) is 1.11. The second kappa shape index (κ2) is 5.07. The molecule has 1 rings (SSSR count). The molecule has 1 aromatic rings. The standard InChI is InChI=1S/C9H13NO2.ClH/c1-6-4-7(8(10)5-11)2-3-9(6)12;/h2-4,8,11-12H,5,10H2,1H3;1H/t8-;/m0./s1. The average Bonchev–Trinajstić information content (AvgIpc) is 2.08. The number of hydrogen-bond donors (Lipinski definition) is 3. The van der Waals surface area contributed by atoms with E-state index < -0.39 is 0 Å². The number of aliphatic hydroxyl groups is 1. The van der Waals surface area contributed by atoms with Crippen LogP contribution in [0.2, 0.25) is 0 Å². The number of aliphatic hydroxyl groups excluding tert-OH is 1. The Morgan fingerprint density at radius 3 is 2.54 bits per heavy atom. The van der Waals surface area contributed by atoms with E-state index >= 15 is 0 Å². The van der Waals surface area contributed by atoms with Gasteiger partial charge in [0.2, 0.25) is 0 Å². The van der Waals surface area contributed by atoms with Crippen LogP contribution in [0, 0.1) is 6.92 Å². The van der Waals surface area contributed by atoms with E-state index in [9.17, 15) is 5.11 Å². The van der Waals surface area contributed by atoms with E-state index in [4.69, 9.17) is 10.8 Å². The number of aryl methyl sites for hydroxylation is 1. The fourth-order valence-electron chi connectivity index (χ4n) is 1.01. The smallest absolute Gasteiger partial charge is 0.118 e. The molecule has 0 bridgehead atoms. The van der Waals surface area contributed by atoms with Crippen molar-refractivity contribution < 1.29 is 10.2 Å². The van der Waals surface area contributed by atoms with E-state index in [0.29, 0.717) is 0 Å². The number of phenols is 1. The van der Waals surface area contributed by atoms with Crippen LogP contribution in [0.3, 0.4) is 0 Å². The molecule has 0 fully saturated rings. The number of aromatic hydroxyl groups is 1. The number of rotatable bonds is 2. The van der Waals surface area contributed by atoms with Crippen LogP contribution in [0.1, 0.15) is 17.2 Å². The van der Waals surface area contributed by atoms with Crippen molar-refractivity contribution in [1.29, 1.82) is 0 Å². The highest BCUT2D eigenvalue weighted by molar-refractivity contribution is 5.85.